The van der Waals surface area contributed by atoms with Gasteiger partial charge in [0.2, 0.25) is 5.91 Å². The molecule has 0 unspecified atom stereocenters. The second kappa shape index (κ2) is 7.89. The van der Waals surface area contributed by atoms with Crippen LogP contribution in [0.3, 0.4) is 0 Å². The maximum absolute atomic E-state index is 12.3. The summed E-state index contributed by atoms with van der Waals surface area (Å²) in [6, 6.07) is 0. The molecule has 0 atom stereocenters. The van der Waals surface area contributed by atoms with Gasteiger partial charge in [-0.1, -0.05) is 0 Å². The SMILES string of the molecule is COC1CCN(C(=O)CC2CCN(C(=O)OS)CC2)CC1. The fourth-order valence-corrected chi connectivity index (χ4v) is 3.21. The maximum Gasteiger partial charge on any atom is 0.421 e. The number of nitrogens with zero attached hydrogens (tertiary/aromatic N) is 2. The number of hydrogen-bond donors (Lipinski definition) is 1. The van der Waals surface area contributed by atoms with E-state index >= 15 is 0 Å². The average Bonchev–Trinajstić information content (AvgIpc) is 2.55. The van der Waals surface area contributed by atoms with Crippen LogP contribution in [0.2, 0.25) is 0 Å². The molecule has 0 saturated carbocycles. The van der Waals surface area contributed by atoms with Gasteiger partial charge in [0.1, 0.15) is 0 Å². The number of thiol groups is 1. The number of ether oxygens (including phenoxy) is 1. The van der Waals surface area contributed by atoms with Crippen LogP contribution >= 0.6 is 12.9 Å². The van der Waals surface area contributed by atoms with E-state index in [0.29, 0.717) is 31.5 Å². The predicted molar refractivity (Wildman–Crippen MR) is 81.0 cm³/mol. The molecular formula is C14H24N2O4S. The van der Waals surface area contributed by atoms with E-state index in [1.165, 1.54) is 0 Å². The molecule has 2 heterocycles. The first-order valence-corrected chi connectivity index (χ1v) is 7.91. The molecule has 0 aromatic rings. The molecule has 2 aliphatic rings. The van der Waals surface area contributed by atoms with Gasteiger partial charge >= 0.3 is 6.09 Å². The summed E-state index contributed by atoms with van der Waals surface area (Å²) in [5, 5.41) is 0. The van der Waals surface area contributed by atoms with Gasteiger partial charge in [0.15, 0.2) is 0 Å². The van der Waals surface area contributed by atoms with Crippen molar-refractivity contribution < 1.29 is 18.5 Å². The summed E-state index contributed by atoms with van der Waals surface area (Å²) < 4.78 is 9.74. The molecule has 2 amide bonds. The third-order valence-electron chi connectivity index (χ3n) is 4.54. The first-order valence-electron chi connectivity index (χ1n) is 7.55. The van der Waals surface area contributed by atoms with E-state index in [1.54, 1.807) is 12.0 Å². The number of rotatable bonds is 3. The van der Waals surface area contributed by atoms with Crippen molar-refractivity contribution in [1.29, 1.82) is 0 Å². The van der Waals surface area contributed by atoms with E-state index in [4.69, 9.17) is 4.74 Å². The number of carbonyl (C=O) groups excluding carboxylic acids is 2. The smallest absolute Gasteiger partial charge is 0.381 e. The lowest BCUT2D eigenvalue weighted by atomic mass is 9.92. The molecule has 7 heteroatoms. The lowest BCUT2D eigenvalue weighted by molar-refractivity contribution is -0.134. The Hall–Kier alpha value is -0.950. The number of amides is 2. The van der Waals surface area contributed by atoms with Crippen molar-refractivity contribution in [3.05, 3.63) is 0 Å². The number of likely N-dealkylation sites (tertiary alicyclic amines) is 2. The summed E-state index contributed by atoms with van der Waals surface area (Å²) in [6.07, 6.45) is 4.03. The van der Waals surface area contributed by atoms with Crippen LogP contribution in [-0.2, 0) is 13.7 Å². The van der Waals surface area contributed by atoms with Crippen LogP contribution in [0, 0.1) is 5.92 Å². The van der Waals surface area contributed by atoms with Gasteiger partial charge in [-0.3, -0.25) is 4.79 Å². The molecular weight excluding hydrogens is 292 g/mol. The fraction of sp³-hybridized carbons (Fsp3) is 0.857. The molecule has 6 nitrogen and oxygen atoms in total. The normalized spacial score (nSPS) is 21.4. The molecule has 0 bridgehead atoms. The highest BCUT2D eigenvalue weighted by Crippen LogP contribution is 2.23. The number of piperidine rings is 2. The van der Waals surface area contributed by atoms with Gasteiger partial charge in [-0.05, 0) is 31.6 Å². The molecule has 2 fully saturated rings. The molecule has 2 rings (SSSR count). The zero-order valence-corrected chi connectivity index (χ0v) is 13.4. The quantitative estimate of drug-likeness (QED) is 0.636. The van der Waals surface area contributed by atoms with E-state index < -0.39 is 6.09 Å². The summed E-state index contributed by atoms with van der Waals surface area (Å²) in [6.45, 7) is 2.87. The van der Waals surface area contributed by atoms with Gasteiger partial charge in [-0.2, -0.15) is 0 Å². The molecule has 0 spiro atoms. The Bertz CT molecular complexity index is 364. The molecule has 2 aliphatic heterocycles. The summed E-state index contributed by atoms with van der Waals surface area (Å²) in [7, 11) is 1.73. The minimum atomic E-state index is -0.398. The standard InChI is InChI=1S/C14H24N2O4S/c1-19-12-4-8-15(9-5-12)13(17)10-11-2-6-16(7-3-11)14(18)20-21/h11-12,21H,2-10H2,1H3. The van der Waals surface area contributed by atoms with Gasteiger partial charge in [0.25, 0.3) is 0 Å². The van der Waals surface area contributed by atoms with Gasteiger partial charge in [-0.15, -0.1) is 0 Å². The summed E-state index contributed by atoms with van der Waals surface area (Å²) in [5.41, 5.74) is 0. The van der Waals surface area contributed by atoms with Crippen LogP contribution < -0.4 is 0 Å². The number of carbonyl (C=O) groups is 2. The van der Waals surface area contributed by atoms with Crippen LogP contribution in [0.4, 0.5) is 4.79 Å². The Balaban J connectivity index is 1.71. The van der Waals surface area contributed by atoms with Gasteiger partial charge < -0.3 is 18.7 Å². The van der Waals surface area contributed by atoms with E-state index in [0.717, 1.165) is 38.8 Å². The third kappa shape index (κ3) is 4.51. The van der Waals surface area contributed by atoms with Crippen molar-refractivity contribution in [3.8, 4) is 0 Å². The zero-order valence-electron chi connectivity index (χ0n) is 12.5. The monoisotopic (exact) mass is 316 g/mol. The van der Waals surface area contributed by atoms with Crippen molar-refractivity contribution in [2.45, 2.75) is 38.2 Å². The van der Waals surface area contributed by atoms with Gasteiger partial charge in [0.05, 0.1) is 6.10 Å². The van der Waals surface area contributed by atoms with E-state index in [-0.39, 0.29) is 5.91 Å². The Morgan fingerprint density at radius 2 is 1.62 bits per heavy atom. The van der Waals surface area contributed by atoms with Crippen molar-refractivity contribution >= 4 is 24.9 Å². The van der Waals surface area contributed by atoms with Crippen LogP contribution in [0.15, 0.2) is 0 Å². The Morgan fingerprint density at radius 1 is 1.05 bits per heavy atom. The van der Waals surface area contributed by atoms with Crippen molar-refractivity contribution in [2.24, 2.45) is 5.92 Å². The number of hydrogen-bond acceptors (Lipinski definition) is 5. The highest BCUT2D eigenvalue weighted by atomic mass is 32.1. The lowest BCUT2D eigenvalue weighted by Gasteiger charge is -2.34. The van der Waals surface area contributed by atoms with Crippen LogP contribution in [0.25, 0.3) is 0 Å². The predicted octanol–water partition coefficient (Wildman–Crippen LogP) is 1.71. The first-order chi connectivity index (χ1) is 10.1. The molecule has 120 valence electrons. The summed E-state index contributed by atoms with van der Waals surface area (Å²) in [5.74, 6) is 0.599. The molecule has 0 aromatic heterocycles. The van der Waals surface area contributed by atoms with Crippen LogP contribution in [-0.4, -0.2) is 61.2 Å². The lowest BCUT2D eigenvalue weighted by Crippen LogP contribution is -2.43. The van der Waals surface area contributed by atoms with Crippen molar-refractivity contribution in [3.63, 3.8) is 0 Å². The fourth-order valence-electron chi connectivity index (χ4n) is 3.09. The first kappa shape index (κ1) is 16.4. The highest BCUT2D eigenvalue weighted by Gasteiger charge is 2.28. The molecule has 0 aromatic carbocycles. The molecule has 21 heavy (non-hydrogen) atoms. The summed E-state index contributed by atoms with van der Waals surface area (Å²) >= 11 is 3.53. The van der Waals surface area contributed by atoms with Crippen molar-refractivity contribution in [2.75, 3.05) is 33.3 Å². The second-order valence-corrected chi connectivity index (χ2v) is 5.99. The minimum absolute atomic E-state index is 0.236. The van der Waals surface area contributed by atoms with Crippen LogP contribution in [0.5, 0.6) is 0 Å². The average molecular weight is 316 g/mol. The van der Waals surface area contributed by atoms with Gasteiger partial charge in [-0.25, -0.2) is 4.79 Å². The highest BCUT2D eigenvalue weighted by molar-refractivity contribution is 7.75. The molecule has 0 radical (unpaired) electrons. The zero-order chi connectivity index (χ0) is 15.2. The summed E-state index contributed by atoms with van der Waals surface area (Å²) in [4.78, 5) is 27.2. The van der Waals surface area contributed by atoms with E-state index in [1.807, 2.05) is 4.90 Å². The number of methoxy groups -OCH3 is 1. The van der Waals surface area contributed by atoms with Gasteiger partial charge in [0, 0.05) is 52.6 Å². The molecule has 2 saturated heterocycles. The maximum atomic E-state index is 12.3. The topological polar surface area (TPSA) is 59.1 Å². The Morgan fingerprint density at radius 3 is 2.14 bits per heavy atom. The third-order valence-corrected chi connectivity index (χ3v) is 4.70. The molecule has 0 N–H and O–H groups in total. The van der Waals surface area contributed by atoms with Crippen molar-refractivity contribution in [1.82, 2.24) is 9.80 Å². The Kier molecular flexibility index (Phi) is 6.17. The largest absolute Gasteiger partial charge is 0.421 e. The Labute approximate surface area is 131 Å². The second-order valence-electron chi connectivity index (χ2n) is 5.81. The van der Waals surface area contributed by atoms with E-state index in [9.17, 15) is 9.59 Å². The van der Waals surface area contributed by atoms with Crippen LogP contribution in [0.1, 0.15) is 32.1 Å². The van der Waals surface area contributed by atoms with E-state index in [2.05, 4.69) is 17.1 Å². The minimum Gasteiger partial charge on any atom is -0.381 e. The molecule has 0 aliphatic carbocycles.